The molecule has 3 aromatic heterocycles. The topological polar surface area (TPSA) is 94.2 Å². The highest BCUT2D eigenvalue weighted by Crippen LogP contribution is 2.37. The number of carbonyl (C=O) groups is 1. The van der Waals surface area contributed by atoms with E-state index in [1.807, 2.05) is 22.9 Å². The number of aliphatic hydroxyl groups excluding tert-OH is 2. The normalized spacial score (nSPS) is 14.3. The van der Waals surface area contributed by atoms with Gasteiger partial charge < -0.3 is 19.5 Å². The monoisotopic (exact) mass is 575 g/mol. The van der Waals surface area contributed by atoms with Crippen LogP contribution in [0.15, 0.2) is 67.0 Å². The Balaban J connectivity index is 1.30. The van der Waals surface area contributed by atoms with E-state index in [1.165, 1.54) is 5.56 Å². The van der Waals surface area contributed by atoms with Crippen LogP contribution < -0.4 is 0 Å². The van der Waals surface area contributed by atoms with Gasteiger partial charge in [0, 0.05) is 61.6 Å². The van der Waals surface area contributed by atoms with Crippen molar-refractivity contribution in [3.63, 3.8) is 0 Å². The molecule has 10 heteroatoms. The summed E-state index contributed by atoms with van der Waals surface area (Å²) in [6.07, 6.45) is 3.71. The Bertz CT molecular complexity index is 1690. The summed E-state index contributed by atoms with van der Waals surface area (Å²) in [7, 11) is 0. The van der Waals surface area contributed by atoms with E-state index >= 15 is 0 Å². The Morgan fingerprint density at radius 3 is 2.33 bits per heavy atom. The largest absolute Gasteiger partial charge is 0.390 e. The first-order valence-corrected chi connectivity index (χ1v) is 13.8. The van der Waals surface area contributed by atoms with E-state index in [1.54, 1.807) is 23.1 Å². The van der Waals surface area contributed by atoms with E-state index in [4.69, 9.17) is 38.3 Å². The second-order valence-corrected chi connectivity index (χ2v) is 10.7. The van der Waals surface area contributed by atoms with Crippen LogP contribution in [0.2, 0.25) is 10.0 Å². The fraction of sp³-hybridized carbons (Fsp3) is 0.233. The molecule has 0 saturated carbocycles. The second-order valence-electron chi connectivity index (χ2n) is 9.84. The van der Waals surface area contributed by atoms with Gasteiger partial charge in [-0.2, -0.15) is 0 Å². The van der Waals surface area contributed by atoms with E-state index in [2.05, 4.69) is 35.2 Å². The van der Waals surface area contributed by atoms with Crippen molar-refractivity contribution in [3.8, 4) is 22.4 Å². The first-order valence-electron chi connectivity index (χ1n) is 13.0. The van der Waals surface area contributed by atoms with Gasteiger partial charge in [0.05, 0.1) is 33.6 Å². The van der Waals surface area contributed by atoms with Gasteiger partial charge in [0.25, 0.3) is 0 Å². The summed E-state index contributed by atoms with van der Waals surface area (Å²) in [6.45, 7) is 2.94. The number of amides is 1. The van der Waals surface area contributed by atoms with Crippen LogP contribution in [0.25, 0.3) is 38.9 Å². The van der Waals surface area contributed by atoms with Crippen molar-refractivity contribution >= 4 is 45.7 Å². The Hall–Kier alpha value is -3.53. The molecule has 2 aromatic carbocycles. The average molecular weight is 576 g/mol. The number of nitrogens with zero attached hydrogens (tertiary/aromatic N) is 5. The summed E-state index contributed by atoms with van der Waals surface area (Å²) in [5, 5.41) is 21.1. The van der Waals surface area contributed by atoms with E-state index in [0.717, 1.165) is 41.7 Å². The summed E-state index contributed by atoms with van der Waals surface area (Å²) < 4.78 is 1.86. The van der Waals surface area contributed by atoms with Gasteiger partial charge in [0.1, 0.15) is 12.3 Å². The number of halogens is 2. The molecule has 0 bridgehead atoms. The molecule has 1 aliphatic rings. The van der Waals surface area contributed by atoms with Crippen molar-refractivity contribution in [1.82, 2.24) is 24.2 Å². The molecule has 1 saturated heterocycles. The van der Waals surface area contributed by atoms with Gasteiger partial charge in [-0.15, -0.1) is 0 Å². The number of piperazine rings is 1. The van der Waals surface area contributed by atoms with Crippen LogP contribution >= 0.6 is 23.2 Å². The van der Waals surface area contributed by atoms with Crippen LogP contribution in [0.3, 0.4) is 0 Å². The highest BCUT2D eigenvalue weighted by Gasteiger charge is 2.21. The van der Waals surface area contributed by atoms with Crippen LogP contribution in [0.5, 0.6) is 0 Å². The summed E-state index contributed by atoms with van der Waals surface area (Å²) in [5.74, 6) is -0.211. The fourth-order valence-corrected chi connectivity index (χ4v) is 5.87. The lowest BCUT2D eigenvalue weighted by atomic mass is 10.0. The lowest BCUT2D eigenvalue weighted by molar-refractivity contribution is -0.135. The molecule has 0 aliphatic carbocycles. The molecule has 0 spiro atoms. The molecular weight excluding hydrogens is 549 g/mol. The summed E-state index contributed by atoms with van der Waals surface area (Å²) >= 11 is 13.0. The predicted molar refractivity (Wildman–Crippen MR) is 156 cm³/mol. The molecule has 0 radical (unpaired) electrons. The third kappa shape index (κ3) is 4.93. The molecule has 5 aromatic rings. The standard InChI is InChI=1S/C30H27Cl2N5O3/c31-23-2-1-3-24(32)28(23)29-26(17-38)37-9-8-25-22(30(37)34-29)14-21(15-33-25)20-6-4-19(5-7-20)16-35-10-12-36(13-11-35)27(40)18-39/h1-9,14-15,38-39H,10-13,16-18H2. The van der Waals surface area contributed by atoms with Crippen molar-refractivity contribution in [2.24, 2.45) is 0 Å². The Morgan fingerprint density at radius 2 is 1.65 bits per heavy atom. The van der Waals surface area contributed by atoms with Crippen molar-refractivity contribution in [1.29, 1.82) is 0 Å². The molecule has 4 heterocycles. The van der Waals surface area contributed by atoms with Crippen molar-refractivity contribution in [2.45, 2.75) is 13.2 Å². The number of fused-ring (bicyclic) bond motifs is 3. The van der Waals surface area contributed by atoms with Crippen LogP contribution in [-0.2, 0) is 17.9 Å². The number of pyridine rings is 2. The summed E-state index contributed by atoms with van der Waals surface area (Å²) in [5.41, 5.74) is 6.35. The smallest absolute Gasteiger partial charge is 0.248 e. The lowest BCUT2D eigenvalue weighted by Gasteiger charge is -2.34. The Morgan fingerprint density at radius 1 is 0.925 bits per heavy atom. The minimum Gasteiger partial charge on any atom is -0.390 e. The highest BCUT2D eigenvalue weighted by molar-refractivity contribution is 6.39. The van der Waals surface area contributed by atoms with E-state index in [0.29, 0.717) is 45.7 Å². The highest BCUT2D eigenvalue weighted by atomic mass is 35.5. The molecule has 1 fully saturated rings. The third-order valence-corrected chi connectivity index (χ3v) is 8.08. The molecule has 40 heavy (non-hydrogen) atoms. The maximum atomic E-state index is 11.7. The van der Waals surface area contributed by atoms with E-state index in [-0.39, 0.29) is 12.5 Å². The number of benzene rings is 2. The van der Waals surface area contributed by atoms with Gasteiger partial charge in [-0.1, -0.05) is 53.5 Å². The van der Waals surface area contributed by atoms with Crippen LogP contribution in [0.1, 0.15) is 11.3 Å². The Kier molecular flexibility index (Phi) is 7.44. The predicted octanol–water partition coefficient (Wildman–Crippen LogP) is 4.65. The van der Waals surface area contributed by atoms with Crippen molar-refractivity contribution in [3.05, 3.63) is 88.3 Å². The molecule has 1 amide bonds. The number of hydrogen-bond donors (Lipinski definition) is 2. The molecule has 0 atom stereocenters. The zero-order valence-electron chi connectivity index (χ0n) is 21.6. The second kappa shape index (κ2) is 11.2. The van der Waals surface area contributed by atoms with Gasteiger partial charge >= 0.3 is 0 Å². The third-order valence-electron chi connectivity index (χ3n) is 7.45. The van der Waals surface area contributed by atoms with Gasteiger partial charge in [-0.05, 0) is 35.4 Å². The van der Waals surface area contributed by atoms with Crippen LogP contribution in [0.4, 0.5) is 0 Å². The number of imidazole rings is 1. The number of carbonyl (C=O) groups excluding carboxylic acids is 1. The molecule has 204 valence electrons. The average Bonchev–Trinajstić information content (AvgIpc) is 3.36. The molecule has 6 rings (SSSR count). The van der Waals surface area contributed by atoms with E-state index < -0.39 is 6.61 Å². The zero-order chi connectivity index (χ0) is 27.8. The molecule has 1 aliphatic heterocycles. The number of rotatable bonds is 6. The minimum atomic E-state index is -0.434. The van der Waals surface area contributed by atoms with Gasteiger partial charge in [0.2, 0.25) is 5.91 Å². The lowest BCUT2D eigenvalue weighted by Crippen LogP contribution is -2.49. The van der Waals surface area contributed by atoms with Gasteiger partial charge in [0.15, 0.2) is 0 Å². The maximum Gasteiger partial charge on any atom is 0.248 e. The van der Waals surface area contributed by atoms with Crippen LogP contribution in [0, 0.1) is 0 Å². The van der Waals surface area contributed by atoms with Crippen LogP contribution in [-0.4, -0.2) is 73.1 Å². The molecule has 0 unspecified atom stereocenters. The molecule has 2 N–H and O–H groups in total. The van der Waals surface area contributed by atoms with E-state index in [9.17, 15) is 9.90 Å². The fourth-order valence-electron chi connectivity index (χ4n) is 5.30. The number of aliphatic hydroxyl groups is 2. The van der Waals surface area contributed by atoms with Crippen molar-refractivity contribution < 1.29 is 15.0 Å². The quantitative estimate of drug-likeness (QED) is 0.306. The summed E-state index contributed by atoms with van der Waals surface area (Å²) in [6, 6.07) is 17.7. The maximum absolute atomic E-state index is 11.7. The number of hydrogen-bond acceptors (Lipinski definition) is 6. The van der Waals surface area contributed by atoms with Gasteiger partial charge in [-0.3, -0.25) is 14.7 Å². The first kappa shape index (κ1) is 26.7. The minimum absolute atomic E-state index is 0.211. The SMILES string of the molecule is O=C(CO)N1CCN(Cc2ccc(-c3cnc4ccn5c(CO)c(-c6c(Cl)cccc6Cl)nc5c4c3)cc2)CC1. The first-order chi connectivity index (χ1) is 19.5. The van der Waals surface area contributed by atoms with Crippen molar-refractivity contribution in [2.75, 3.05) is 32.8 Å². The number of aromatic nitrogens is 3. The zero-order valence-corrected chi connectivity index (χ0v) is 23.1. The molecule has 8 nitrogen and oxygen atoms in total. The van der Waals surface area contributed by atoms with Gasteiger partial charge in [-0.25, -0.2) is 4.98 Å². The summed E-state index contributed by atoms with van der Waals surface area (Å²) in [4.78, 5) is 25.3. The molecular formula is C30H27Cl2N5O3. The Labute approximate surface area is 241 Å².